The molecule has 414 valence electrons. The Kier molecular flexibility index (Phi) is 10.7. The van der Waals surface area contributed by atoms with Gasteiger partial charge in [0.1, 0.15) is 11.2 Å². The summed E-state index contributed by atoms with van der Waals surface area (Å²) in [5, 5.41) is 11.5. The maximum Gasteiger partial charge on any atom is 0.159 e. The molecule has 15 aromatic carbocycles. The Morgan fingerprint density at radius 2 is 0.708 bits per heavy atom. The van der Waals surface area contributed by atoms with Crippen molar-refractivity contribution in [2.24, 2.45) is 0 Å². The fraction of sp³-hybridized carbons (Fsp3) is 0.0118. The van der Waals surface area contributed by atoms with E-state index < -0.39 is 5.41 Å². The molecule has 0 fully saturated rings. The van der Waals surface area contributed by atoms with Crippen LogP contribution in [0.3, 0.4) is 0 Å². The van der Waals surface area contributed by atoms with E-state index in [0.29, 0.717) is 0 Å². The number of hydrogen-bond donors (Lipinski definition) is 0. The van der Waals surface area contributed by atoms with Crippen molar-refractivity contribution in [2.75, 3.05) is 9.80 Å². The topological polar surface area (TPSA) is 32.8 Å². The summed E-state index contributed by atoms with van der Waals surface area (Å²) in [5.41, 5.74) is 23.7. The van der Waals surface area contributed by atoms with Gasteiger partial charge in [0.2, 0.25) is 0 Å². The maximum absolute atomic E-state index is 6.91. The molecule has 0 atom stereocenters. The van der Waals surface area contributed by atoms with Gasteiger partial charge in [-0.2, -0.15) is 0 Å². The molecule has 0 aliphatic heterocycles. The van der Waals surface area contributed by atoms with Crippen molar-refractivity contribution in [1.29, 1.82) is 0 Å². The fourth-order valence-electron chi connectivity index (χ4n) is 15.4. The average molecular weight is 1130 g/mol. The van der Waals surface area contributed by atoms with Crippen LogP contribution in [0.2, 0.25) is 0 Å². The minimum atomic E-state index is -0.682. The third-order valence-electron chi connectivity index (χ3n) is 19.2. The van der Waals surface area contributed by atoms with Crippen molar-refractivity contribution in [3.63, 3.8) is 0 Å². The molecule has 0 saturated carbocycles. The van der Waals surface area contributed by atoms with Gasteiger partial charge in [-0.15, -0.1) is 0 Å². The second kappa shape index (κ2) is 19.1. The van der Waals surface area contributed by atoms with Gasteiger partial charge in [-0.05, 0) is 184 Å². The van der Waals surface area contributed by atoms with Gasteiger partial charge in [0.15, 0.2) is 11.2 Å². The Balaban J connectivity index is 0.866. The summed E-state index contributed by atoms with van der Waals surface area (Å²) in [5.74, 6) is 0. The molecular formula is C85H52N2O2. The number of nitrogens with zero attached hydrogens (tertiary/aromatic N) is 2. The Labute approximate surface area is 513 Å². The average Bonchev–Trinajstić information content (AvgIpc) is 1.50. The van der Waals surface area contributed by atoms with Crippen LogP contribution in [0.5, 0.6) is 0 Å². The number of benzene rings is 15. The van der Waals surface area contributed by atoms with E-state index >= 15 is 0 Å². The summed E-state index contributed by atoms with van der Waals surface area (Å²) < 4.78 is 13.8. The number of hydrogen-bond acceptors (Lipinski definition) is 4. The zero-order valence-corrected chi connectivity index (χ0v) is 48.2. The van der Waals surface area contributed by atoms with E-state index in [9.17, 15) is 0 Å². The van der Waals surface area contributed by atoms with E-state index in [4.69, 9.17) is 8.83 Å². The lowest BCUT2D eigenvalue weighted by molar-refractivity contribution is 0.668. The van der Waals surface area contributed by atoms with Crippen molar-refractivity contribution in [1.82, 2.24) is 0 Å². The standard InChI is InChI=1S/C85H52N2O2/c1-3-21-53(22-4-1)55-25-17-27-59(47-55)86(77-39-19-35-70-66-32-11-15-41-79(66)88-83(70)77)61-44-43-57-50-73-76(51-58(57)49-61)85(74-37-13-9-30-64(74)65-31-10-14-38-75(65)85)82-69-46-45-62(52-72(69)63-29-7-8-34-68(63)81(73)82)87(60-28-18-26-56(48-60)54-23-5-2-6-24-54)78-40-20-36-71-67-33-12-16-42-80(67)89-84(71)78/h1-52H. The second-order valence-corrected chi connectivity index (χ2v) is 23.8. The van der Waals surface area contributed by atoms with E-state index in [1.54, 1.807) is 0 Å². The molecule has 0 N–H and O–H groups in total. The molecule has 0 amide bonds. The lowest BCUT2D eigenvalue weighted by Gasteiger charge is -2.32. The first-order valence-electron chi connectivity index (χ1n) is 30.6. The number of para-hydroxylation sites is 4. The molecule has 2 aliphatic rings. The number of anilines is 6. The van der Waals surface area contributed by atoms with Crippen LogP contribution in [0.15, 0.2) is 324 Å². The number of fused-ring (bicyclic) bond motifs is 22. The van der Waals surface area contributed by atoms with Gasteiger partial charge >= 0.3 is 0 Å². The zero-order valence-electron chi connectivity index (χ0n) is 48.2. The van der Waals surface area contributed by atoms with E-state index in [1.165, 1.54) is 71.4 Å². The first kappa shape index (κ1) is 49.5. The lowest BCUT2D eigenvalue weighted by atomic mass is 9.69. The molecule has 1 spiro atoms. The van der Waals surface area contributed by atoms with Gasteiger partial charge in [0.05, 0.1) is 16.8 Å². The van der Waals surface area contributed by atoms with E-state index in [-0.39, 0.29) is 0 Å². The van der Waals surface area contributed by atoms with Crippen LogP contribution < -0.4 is 9.80 Å². The van der Waals surface area contributed by atoms with Crippen LogP contribution >= 0.6 is 0 Å². The smallest absolute Gasteiger partial charge is 0.159 e. The molecule has 0 unspecified atom stereocenters. The SMILES string of the molecule is c1ccc(-c2cccc(N(c3ccc4cc5c(cc4c3)C3(c4ccccc4-c4ccccc43)c3c-5c4ccccc4c4cc(N(c5cccc(-c6ccccc6)c5)c5cccc6c5oc5ccccc56)ccc34)c3cccc4c3oc3ccccc34)c2)cc1. The molecule has 89 heavy (non-hydrogen) atoms. The van der Waals surface area contributed by atoms with Crippen molar-refractivity contribution < 1.29 is 8.83 Å². The van der Waals surface area contributed by atoms with Crippen LogP contribution in [0.1, 0.15) is 22.3 Å². The van der Waals surface area contributed by atoms with Gasteiger partial charge in [-0.3, -0.25) is 0 Å². The summed E-state index contributed by atoms with van der Waals surface area (Å²) in [4.78, 5) is 4.80. The molecule has 19 rings (SSSR count). The molecule has 2 aromatic heterocycles. The second-order valence-electron chi connectivity index (χ2n) is 23.8. The summed E-state index contributed by atoms with van der Waals surface area (Å²) >= 11 is 0. The van der Waals surface area contributed by atoms with Crippen LogP contribution in [-0.2, 0) is 5.41 Å². The Morgan fingerprint density at radius 3 is 1.30 bits per heavy atom. The van der Waals surface area contributed by atoms with Crippen molar-refractivity contribution >= 4 is 110 Å². The largest absolute Gasteiger partial charge is 0.454 e. The minimum absolute atomic E-state index is 0.682. The number of rotatable bonds is 8. The highest BCUT2D eigenvalue weighted by Gasteiger charge is 2.53. The molecule has 4 nitrogen and oxygen atoms in total. The van der Waals surface area contributed by atoms with E-state index in [2.05, 4.69) is 325 Å². The number of furan rings is 2. The summed E-state index contributed by atoms with van der Waals surface area (Å²) in [6.45, 7) is 0. The predicted octanol–water partition coefficient (Wildman–Crippen LogP) is 23.6. The third kappa shape index (κ3) is 7.23. The van der Waals surface area contributed by atoms with Crippen molar-refractivity contribution in [3.05, 3.63) is 338 Å². The maximum atomic E-state index is 6.91. The first-order valence-corrected chi connectivity index (χ1v) is 30.6. The monoisotopic (exact) mass is 1130 g/mol. The highest BCUT2D eigenvalue weighted by molar-refractivity contribution is 6.22. The Morgan fingerprint density at radius 1 is 0.247 bits per heavy atom. The molecule has 0 radical (unpaired) electrons. The molecule has 0 saturated heterocycles. The van der Waals surface area contributed by atoms with Gasteiger partial charge in [0.25, 0.3) is 0 Å². The Bertz CT molecular complexity index is 5730. The van der Waals surface area contributed by atoms with Crippen LogP contribution in [0.25, 0.3) is 121 Å². The van der Waals surface area contributed by atoms with Gasteiger partial charge in [-0.1, -0.05) is 231 Å². The normalized spacial score (nSPS) is 12.8. The van der Waals surface area contributed by atoms with Crippen LogP contribution in [-0.4, -0.2) is 0 Å². The minimum Gasteiger partial charge on any atom is -0.454 e. The summed E-state index contributed by atoms with van der Waals surface area (Å²) in [6, 6.07) is 116. The fourth-order valence-corrected chi connectivity index (χ4v) is 15.4. The highest BCUT2D eigenvalue weighted by Crippen LogP contribution is 2.66. The van der Waals surface area contributed by atoms with Gasteiger partial charge < -0.3 is 18.6 Å². The first-order chi connectivity index (χ1) is 44.1. The van der Waals surface area contributed by atoms with Crippen LogP contribution in [0, 0.1) is 0 Å². The third-order valence-corrected chi connectivity index (χ3v) is 19.2. The molecule has 2 heterocycles. The molecule has 0 bridgehead atoms. The molecular weight excluding hydrogens is 1080 g/mol. The van der Waals surface area contributed by atoms with Crippen LogP contribution in [0.4, 0.5) is 34.1 Å². The zero-order chi connectivity index (χ0) is 58.3. The van der Waals surface area contributed by atoms with E-state index in [1.807, 2.05) is 0 Å². The molecule has 2 aliphatic carbocycles. The van der Waals surface area contributed by atoms with Crippen molar-refractivity contribution in [2.45, 2.75) is 5.41 Å². The quantitative estimate of drug-likeness (QED) is 0.142. The predicted molar refractivity (Wildman–Crippen MR) is 370 cm³/mol. The van der Waals surface area contributed by atoms with E-state index in [0.717, 1.165) is 106 Å². The summed E-state index contributed by atoms with van der Waals surface area (Å²) in [6.07, 6.45) is 0. The highest BCUT2D eigenvalue weighted by atomic mass is 16.3. The molecule has 4 heteroatoms. The van der Waals surface area contributed by atoms with Gasteiger partial charge in [0, 0.05) is 44.3 Å². The lowest BCUT2D eigenvalue weighted by Crippen LogP contribution is -2.26. The molecule has 17 aromatic rings. The van der Waals surface area contributed by atoms with Gasteiger partial charge in [-0.25, -0.2) is 0 Å². The Hall–Kier alpha value is -11.7. The van der Waals surface area contributed by atoms with Crippen molar-refractivity contribution in [3.8, 4) is 44.5 Å². The summed E-state index contributed by atoms with van der Waals surface area (Å²) in [7, 11) is 0.